The Bertz CT molecular complexity index is 692. The van der Waals surface area contributed by atoms with Crippen LogP contribution in [0.1, 0.15) is 34.5 Å². The van der Waals surface area contributed by atoms with E-state index in [4.69, 9.17) is 9.47 Å². The largest absolute Gasteiger partial charge is 0.497 e. The van der Waals surface area contributed by atoms with Crippen molar-refractivity contribution >= 4 is 12.0 Å². The third-order valence-electron chi connectivity index (χ3n) is 3.66. The molecule has 0 aliphatic rings. The molecule has 0 fully saturated rings. The molecule has 0 heterocycles. The summed E-state index contributed by atoms with van der Waals surface area (Å²) in [4.78, 5) is 12.4. The first-order valence-electron chi connectivity index (χ1n) is 7.34. The monoisotopic (exact) mass is 311 g/mol. The average Bonchev–Trinajstić information content (AvgIpc) is 2.61. The van der Waals surface area contributed by atoms with Crippen LogP contribution in [0.25, 0.3) is 6.08 Å². The predicted octanol–water partition coefficient (Wildman–Crippen LogP) is 3.84. The Labute approximate surface area is 136 Å². The second kappa shape index (κ2) is 7.49. The fraction of sp³-hybridized carbons (Fsp3) is 0.211. The zero-order chi connectivity index (χ0) is 16.8. The zero-order valence-corrected chi connectivity index (χ0v) is 13.6. The van der Waals surface area contributed by atoms with Gasteiger partial charge in [0.2, 0.25) is 0 Å². The number of carbonyl (C=O) groups is 1. The van der Waals surface area contributed by atoms with Crippen LogP contribution >= 0.6 is 0 Å². The maximum absolute atomic E-state index is 12.4. The molecule has 2 rings (SSSR count). The number of benzene rings is 2. The van der Waals surface area contributed by atoms with E-state index in [1.54, 1.807) is 32.4 Å². The highest BCUT2D eigenvalue weighted by atomic mass is 16.5. The van der Waals surface area contributed by atoms with Crippen molar-refractivity contribution in [1.82, 2.24) is 5.32 Å². The fourth-order valence-electron chi connectivity index (χ4n) is 2.31. The summed E-state index contributed by atoms with van der Waals surface area (Å²) in [5.41, 5.74) is 2.44. The molecule has 2 aromatic carbocycles. The van der Waals surface area contributed by atoms with E-state index in [1.165, 1.54) is 0 Å². The van der Waals surface area contributed by atoms with E-state index in [9.17, 15) is 4.79 Å². The van der Waals surface area contributed by atoms with Crippen LogP contribution in [0.4, 0.5) is 0 Å². The van der Waals surface area contributed by atoms with Crippen molar-refractivity contribution in [3.8, 4) is 11.5 Å². The molecule has 0 aliphatic carbocycles. The van der Waals surface area contributed by atoms with Crippen LogP contribution in [0.2, 0.25) is 0 Å². The van der Waals surface area contributed by atoms with E-state index in [1.807, 2.05) is 37.3 Å². The molecule has 0 aliphatic heterocycles. The van der Waals surface area contributed by atoms with Gasteiger partial charge in [0.05, 0.1) is 20.3 Å². The number of rotatable bonds is 6. The molecule has 23 heavy (non-hydrogen) atoms. The molecule has 0 spiro atoms. The van der Waals surface area contributed by atoms with Gasteiger partial charge in [0.15, 0.2) is 0 Å². The number of hydrogen-bond acceptors (Lipinski definition) is 3. The maximum Gasteiger partial charge on any atom is 0.251 e. The van der Waals surface area contributed by atoms with Gasteiger partial charge in [0.1, 0.15) is 11.5 Å². The molecule has 1 atom stereocenters. The molecule has 0 radical (unpaired) electrons. The molecule has 1 N–H and O–H groups in total. The molecule has 120 valence electrons. The van der Waals surface area contributed by atoms with Crippen molar-refractivity contribution in [2.45, 2.75) is 13.0 Å². The highest BCUT2D eigenvalue weighted by Gasteiger charge is 2.16. The molecule has 0 aromatic heterocycles. The highest BCUT2D eigenvalue weighted by molar-refractivity contribution is 5.94. The summed E-state index contributed by atoms with van der Waals surface area (Å²) < 4.78 is 10.6. The number of nitrogens with one attached hydrogen (secondary N) is 1. The van der Waals surface area contributed by atoms with Gasteiger partial charge in [-0.2, -0.15) is 0 Å². The van der Waals surface area contributed by atoms with Crippen molar-refractivity contribution in [1.29, 1.82) is 0 Å². The lowest BCUT2D eigenvalue weighted by Crippen LogP contribution is -2.26. The Hall–Kier alpha value is -2.75. The molecule has 2 aromatic rings. The van der Waals surface area contributed by atoms with Crippen LogP contribution in [-0.4, -0.2) is 20.1 Å². The molecule has 0 saturated heterocycles. The number of carbonyl (C=O) groups excluding carboxylic acids is 1. The summed E-state index contributed by atoms with van der Waals surface area (Å²) in [5, 5.41) is 2.98. The standard InChI is InChI=1S/C19H21NO3/c1-5-14-6-8-15(9-7-14)19(21)20-13(2)17-12-16(22-3)10-11-18(17)23-4/h5-13H,1H2,2-4H3,(H,20,21)/t13-/m0/s1. The lowest BCUT2D eigenvalue weighted by atomic mass is 10.1. The average molecular weight is 311 g/mol. The molecule has 0 saturated carbocycles. The molecule has 4 nitrogen and oxygen atoms in total. The summed E-state index contributed by atoms with van der Waals surface area (Å²) >= 11 is 0. The Morgan fingerprint density at radius 2 is 1.83 bits per heavy atom. The van der Waals surface area contributed by atoms with E-state index in [-0.39, 0.29) is 11.9 Å². The molecule has 4 heteroatoms. The smallest absolute Gasteiger partial charge is 0.251 e. The minimum Gasteiger partial charge on any atom is -0.497 e. The van der Waals surface area contributed by atoms with Gasteiger partial charge in [0, 0.05) is 11.1 Å². The van der Waals surface area contributed by atoms with Gasteiger partial charge >= 0.3 is 0 Å². The van der Waals surface area contributed by atoms with Crippen molar-refractivity contribution in [3.63, 3.8) is 0 Å². The van der Waals surface area contributed by atoms with Crippen molar-refractivity contribution in [2.75, 3.05) is 14.2 Å². The van der Waals surface area contributed by atoms with Crippen LogP contribution in [0, 0.1) is 0 Å². The number of amides is 1. The van der Waals surface area contributed by atoms with Crippen molar-refractivity contribution in [3.05, 3.63) is 65.7 Å². The predicted molar refractivity (Wildman–Crippen MR) is 92.0 cm³/mol. The highest BCUT2D eigenvalue weighted by Crippen LogP contribution is 2.29. The Morgan fingerprint density at radius 1 is 1.13 bits per heavy atom. The minimum atomic E-state index is -0.216. The second-order valence-corrected chi connectivity index (χ2v) is 5.13. The maximum atomic E-state index is 12.4. The third kappa shape index (κ3) is 3.92. The second-order valence-electron chi connectivity index (χ2n) is 5.13. The van der Waals surface area contributed by atoms with Gasteiger partial charge in [-0.25, -0.2) is 0 Å². The van der Waals surface area contributed by atoms with Gasteiger partial charge < -0.3 is 14.8 Å². The first-order chi connectivity index (χ1) is 11.1. The first kappa shape index (κ1) is 16.6. The van der Waals surface area contributed by atoms with E-state index in [0.717, 1.165) is 16.9 Å². The Balaban J connectivity index is 2.18. The number of hydrogen-bond donors (Lipinski definition) is 1. The molecular weight excluding hydrogens is 290 g/mol. The van der Waals surface area contributed by atoms with Crippen LogP contribution in [0.15, 0.2) is 49.0 Å². The lowest BCUT2D eigenvalue weighted by molar-refractivity contribution is 0.0939. The van der Waals surface area contributed by atoms with Crippen LogP contribution in [0.3, 0.4) is 0 Å². The van der Waals surface area contributed by atoms with Crippen LogP contribution < -0.4 is 14.8 Å². The van der Waals surface area contributed by atoms with E-state index in [2.05, 4.69) is 11.9 Å². The minimum absolute atomic E-state index is 0.141. The van der Waals surface area contributed by atoms with Gasteiger partial charge in [-0.3, -0.25) is 4.79 Å². The molecular formula is C19H21NO3. The van der Waals surface area contributed by atoms with Crippen LogP contribution in [0.5, 0.6) is 11.5 Å². The number of ether oxygens (including phenoxy) is 2. The van der Waals surface area contributed by atoms with Gasteiger partial charge in [-0.1, -0.05) is 24.8 Å². The molecule has 1 amide bonds. The van der Waals surface area contributed by atoms with Gasteiger partial charge in [-0.15, -0.1) is 0 Å². The first-order valence-corrected chi connectivity index (χ1v) is 7.34. The summed E-state index contributed by atoms with van der Waals surface area (Å²) in [6.45, 7) is 5.61. The topological polar surface area (TPSA) is 47.6 Å². The summed E-state index contributed by atoms with van der Waals surface area (Å²) in [6.07, 6.45) is 1.74. The van der Waals surface area contributed by atoms with Gasteiger partial charge in [0.25, 0.3) is 5.91 Å². The Morgan fingerprint density at radius 3 is 2.39 bits per heavy atom. The molecule has 0 bridgehead atoms. The SMILES string of the molecule is C=Cc1ccc(C(=O)N[C@@H](C)c2cc(OC)ccc2OC)cc1. The van der Waals surface area contributed by atoms with E-state index in [0.29, 0.717) is 11.3 Å². The summed E-state index contributed by atoms with van der Waals surface area (Å²) in [5.74, 6) is 1.29. The molecule has 0 unspecified atom stereocenters. The zero-order valence-electron chi connectivity index (χ0n) is 13.6. The quantitative estimate of drug-likeness (QED) is 0.882. The van der Waals surface area contributed by atoms with E-state index >= 15 is 0 Å². The number of methoxy groups -OCH3 is 2. The summed E-state index contributed by atoms with van der Waals surface area (Å²) in [7, 11) is 3.21. The van der Waals surface area contributed by atoms with Gasteiger partial charge in [-0.05, 0) is 42.8 Å². The van der Waals surface area contributed by atoms with E-state index < -0.39 is 0 Å². The third-order valence-corrected chi connectivity index (χ3v) is 3.66. The van der Waals surface area contributed by atoms with Crippen molar-refractivity contribution in [2.24, 2.45) is 0 Å². The lowest BCUT2D eigenvalue weighted by Gasteiger charge is -2.18. The van der Waals surface area contributed by atoms with Crippen molar-refractivity contribution < 1.29 is 14.3 Å². The summed E-state index contributed by atoms with van der Waals surface area (Å²) in [6, 6.07) is 12.6. The Kier molecular flexibility index (Phi) is 5.41. The normalized spacial score (nSPS) is 11.4. The van der Waals surface area contributed by atoms with Crippen LogP contribution in [-0.2, 0) is 0 Å². The fourth-order valence-corrected chi connectivity index (χ4v) is 2.31.